The summed E-state index contributed by atoms with van der Waals surface area (Å²) in [4.78, 5) is 37.6. The fourth-order valence-electron chi connectivity index (χ4n) is 8.23. The number of amides is 1. The first-order valence-corrected chi connectivity index (χ1v) is 32.1. The number of phosphoric ester groups is 1. The molecule has 3 unspecified atom stereocenters. The van der Waals surface area contributed by atoms with Gasteiger partial charge in [-0.3, -0.25) is 18.6 Å². The van der Waals surface area contributed by atoms with Crippen LogP contribution in [0.25, 0.3) is 0 Å². The lowest BCUT2D eigenvalue weighted by molar-refractivity contribution is -0.870. The van der Waals surface area contributed by atoms with Gasteiger partial charge >= 0.3 is 13.8 Å². The van der Waals surface area contributed by atoms with E-state index in [4.69, 9.17) is 13.8 Å². The van der Waals surface area contributed by atoms with Crippen molar-refractivity contribution in [2.24, 2.45) is 0 Å². The summed E-state index contributed by atoms with van der Waals surface area (Å²) < 4.78 is 30.6. The van der Waals surface area contributed by atoms with E-state index >= 15 is 0 Å². The van der Waals surface area contributed by atoms with Crippen LogP contribution in [0.1, 0.15) is 252 Å². The normalized spacial score (nSPS) is 14.4. The quantitative estimate of drug-likeness (QED) is 0.0205. The van der Waals surface area contributed by atoms with Crippen LogP contribution in [0.3, 0.4) is 0 Å². The molecule has 0 aromatic rings. The molecule has 0 aliphatic carbocycles. The van der Waals surface area contributed by atoms with Gasteiger partial charge in [-0.05, 0) is 109 Å². The Balaban J connectivity index is 5.33. The Morgan fingerprint density at radius 1 is 0.467 bits per heavy atom. The maximum absolute atomic E-state index is 13.5. The topological polar surface area (TPSA) is 111 Å². The van der Waals surface area contributed by atoms with Crippen molar-refractivity contribution in [3.8, 4) is 0 Å². The van der Waals surface area contributed by atoms with Gasteiger partial charge in [0.2, 0.25) is 5.91 Å². The fourth-order valence-corrected chi connectivity index (χ4v) is 8.97. The van der Waals surface area contributed by atoms with Gasteiger partial charge in [-0.25, -0.2) is 4.57 Å². The molecule has 0 saturated carbocycles. The highest BCUT2D eigenvalue weighted by Gasteiger charge is 2.30. The molecule has 2 N–H and O–H groups in total. The standard InChI is InChI=1S/C65H115N2O7P/c1-7-10-13-16-19-22-25-27-29-31-32-33-34-36-37-39-42-45-48-51-54-57-64(68)66-62(61-73-75(70,71)72-60-59-67(4,5)6)63(56-53-50-47-44-41-24-21-18-15-12-9-3)74-65(69)58-55-52-49-46-43-40-38-35-30-28-26-23-20-17-14-11-8-2/h19-20,22-23,27-30,32-33,38,40,46,49,53,56,62-63H,7-18,21,24-26,31,34-37,39,41-45,47-48,50-52,54-55,57-61H2,1-6H3,(H-,66,68,70,71)/p+1/b22-19-,23-20-,29-27-,30-28-,33-32-,40-38-,49-46-,56-53-. The number of quaternary nitrogens is 1. The molecular formula is C65H116N2O7P+. The molecule has 0 aromatic carbocycles. The third kappa shape index (κ3) is 55.5. The van der Waals surface area contributed by atoms with Crippen LogP contribution in [0.5, 0.6) is 0 Å². The number of hydrogen-bond acceptors (Lipinski definition) is 6. The van der Waals surface area contributed by atoms with Crippen LogP contribution in [-0.4, -0.2) is 74.3 Å². The molecule has 0 spiro atoms. The van der Waals surface area contributed by atoms with E-state index in [1.807, 2.05) is 33.3 Å². The van der Waals surface area contributed by atoms with E-state index in [-0.39, 0.29) is 31.5 Å². The maximum Gasteiger partial charge on any atom is 0.472 e. The summed E-state index contributed by atoms with van der Waals surface area (Å²) in [5.41, 5.74) is 0. The summed E-state index contributed by atoms with van der Waals surface area (Å²) in [7, 11) is 1.45. The number of hydrogen-bond donors (Lipinski definition) is 2. The predicted molar refractivity (Wildman–Crippen MR) is 323 cm³/mol. The molecule has 0 fully saturated rings. The third-order valence-corrected chi connectivity index (χ3v) is 14.0. The second kappa shape index (κ2) is 54.3. The molecule has 0 radical (unpaired) electrons. The van der Waals surface area contributed by atoms with Crippen LogP contribution in [0.4, 0.5) is 0 Å². The average Bonchev–Trinajstić information content (AvgIpc) is 3.37. The van der Waals surface area contributed by atoms with Crippen LogP contribution in [0.2, 0.25) is 0 Å². The van der Waals surface area contributed by atoms with Crippen molar-refractivity contribution in [3.05, 3.63) is 97.2 Å². The van der Waals surface area contributed by atoms with Crippen LogP contribution >= 0.6 is 7.82 Å². The number of allylic oxidation sites excluding steroid dienone is 15. The number of nitrogens with zero attached hydrogens (tertiary/aromatic N) is 1. The Hall–Kier alpha value is -3.07. The van der Waals surface area contributed by atoms with Crippen LogP contribution in [0.15, 0.2) is 97.2 Å². The van der Waals surface area contributed by atoms with Gasteiger partial charge in [0.15, 0.2) is 0 Å². The van der Waals surface area contributed by atoms with E-state index < -0.39 is 20.0 Å². The first-order valence-electron chi connectivity index (χ1n) is 30.6. The van der Waals surface area contributed by atoms with Gasteiger partial charge in [0.25, 0.3) is 0 Å². The van der Waals surface area contributed by atoms with E-state index in [0.717, 1.165) is 89.9 Å². The lowest BCUT2D eigenvalue weighted by atomic mass is 10.0. The van der Waals surface area contributed by atoms with Gasteiger partial charge in [-0.15, -0.1) is 0 Å². The Bertz CT molecular complexity index is 1610. The van der Waals surface area contributed by atoms with Crippen molar-refractivity contribution in [1.29, 1.82) is 0 Å². The van der Waals surface area contributed by atoms with E-state index in [1.165, 1.54) is 122 Å². The second-order valence-electron chi connectivity index (χ2n) is 21.5. The minimum atomic E-state index is -4.47. The van der Waals surface area contributed by atoms with Crippen LogP contribution in [-0.2, 0) is 27.9 Å². The number of phosphoric acid groups is 1. The first-order chi connectivity index (χ1) is 36.4. The number of carbonyl (C=O) groups is 2. The molecule has 1 amide bonds. The van der Waals surface area contributed by atoms with Crippen molar-refractivity contribution in [2.75, 3.05) is 40.9 Å². The second-order valence-corrected chi connectivity index (χ2v) is 23.0. The smallest absolute Gasteiger partial charge is 0.456 e. The lowest BCUT2D eigenvalue weighted by Crippen LogP contribution is -2.47. The predicted octanol–water partition coefficient (Wildman–Crippen LogP) is 18.8. The molecule has 75 heavy (non-hydrogen) atoms. The van der Waals surface area contributed by atoms with E-state index in [2.05, 4.69) is 111 Å². The molecule has 0 rings (SSSR count). The number of ether oxygens (including phenoxy) is 1. The van der Waals surface area contributed by atoms with Crippen molar-refractivity contribution in [2.45, 2.75) is 264 Å². The summed E-state index contributed by atoms with van der Waals surface area (Å²) in [6.07, 6.45) is 72.7. The Morgan fingerprint density at radius 2 is 0.827 bits per heavy atom. The van der Waals surface area contributed by atoms with Gasteiger partial charge in [0, 0.05) is 12.8 Å². The molecule has 10 heteroatoms. The summed E-state index contributed by atoms with van der Waals surface area (Å²) in [6, 6.07) is -0.879. The molecule has 0 aliphatic heterocycles. The summed E-state index contributed by atoms with van der Waals surface area (Å²) in [5.74, 6) is -0.583. The third-order valence-electron chi connectivity index (χ3n) is 13.0. The number of rotatable bonds is 54. The van der Waals surface area contributed by atoms with Crippen LogP contribution < -0.4 is 5.32 Å². The fraction of sp³-hybridized carbons (Fsp3) is 0.723. The average molecular weight is 1070 g/mol. The number of esters is 1. The summed E-state index contributed by atoms with van der Waals surface area (Å²) >= 11 is 0. The van der Waals surface area contributed by atoms with E-state index in [9.17, 15) is 19.0 Å². The maximum atomic E-state index is 13.5. The van der Waals surface area contributed by atoms with Crippen molar-refractivity contribution >= 4 is 19.7 Å². The zero-order valence-electron chi connectivity index (χ0n) is 49.3. The first kappa shape index (κ1) is 71.9. The van der Waals surface area contributed by atoms with Crippen molar-refractivity contribution in [1.82, 2.24) is 5.32 Å². The molecule has 9 nitrogen and oxygen atoms in total. The zero-order valence-corrected chi connectivity index (χ0v) is 50.2. The number of nitrogens with one attached hydrogen (secondary N) is 1. The van der Waals surface area contributed by atoms with Crippen LogP contribution in [0, 0.1) is 0 Å². The molecule has 0 saturated heterocycles. The highest BCUT2D eigenvalue weighted by molar-refractivity contribution is 7.47. The van der Waals surface area contributed by atoms with E-state index in [0.29, 0.717) is 23.9 Å². The lowest BCUT2D eigenvalue weighted by Gasteiger charge is -2.27. The minimum Gasteiger partial charge on any atom is -0.456 e. The minimum absolute atomic E-state index is 0.0259. The Labute approximate surface area is 462 Å². The zero-order chi connectivity index (χ0) is 55.0. The molecule has 0 aromatic heterocycles. The van der Waals surface area contributed by atoms with Gasteiger partial charge in [0.1, 0.15) is 19.3 Å². The summed E-state index contributed by atoms with van der Waals surface area (Å²) in [6.45, 7) is 6.90. The number of carbonyl (C=O) groups excluding carboxylic acids is 2. The Morgan fingerprint density at radius 3 is 1.27 bits per heavy atom. The number of unbranched alkanes of at least 4 members (excludes halogenated alkanes) is 24. The SMILES string of the molecule is CCCCC/C=C\C/C=C\C/C=C\C/C=C\CCCC(=O)OC(/C=C\CCCCCCCCCCC)C(COP(=O)(O)OCC[N+](C)(C)C)NC(=O)CCCCCCCCCC/C=C\C/C=C\C/C=C\CCCCC. The molecule has 0 heterocycles. The van der Waals surface area contributed by atoms with Gasteiger partial charge in [-0.1, -0.05) is 227 Å². The number of likely N-dealkylation sites (N-methyl/N-ethyl adjacent to an activating group) is 1. The summed E-state index contributed by atoms with van der Waals surface area (Å²) in [5, 5.41) is 3.03. The molecule has 0 bridgehead atoms. The van der Waals surface area contributed by atoms with Gasteiger partial charge in [-0.2, -0.15) is 0 Å². The van der Waals surface area contributed by atoms with Crippen molar-refractivity contribution in [3.63, 3.8) is 0 Å². The van der Waals surface area contributed by atoms with Gasteiger partial charge < -0.3 is 19.4 Å². The molecule has 3 atom stereocenters. The van der Waals surface area contributed by atoms with Crippen molar-refractivity contribution < 1.29 is 37.3 Å². The largest absolute Gasteiger partial charge is 0.472 e. The van der Waals surface area contributed by atoms with E-state index in [1.54, 1.807) is 0 Å². The highest BCUT2D eigenvalue weighted by atomic mass is 31.2. The monoisotopic (exact) mass is 1070 g/mol. The molecule has 432 valence electrons. The molecule has 0 aliphatic rings. The highest BCUT2D eigenvalue weighted by Crippen LogP contribution is 2.43. The van der Waals surface area contributed by atoms with Gasteiger partial charge in [0.05, 0.1) is 33.8 Å². The Kier molecular flexibility index (Phi) is 52.1. The molecular weight excluding hydrogens is 952 g/mol.